The van der Waals surface area contributed by atoms with Crippen LogP contribution in [0, 0.1) is 0 Å². The Morgan fingerprint density at radius 1 is 0.720 bits per heavy atom. The van der Waals surface area contributed by atoms with Crippen LogP contribution >= 0.6 is 14.6 Å². The van der Waals surface area contributed by atoms with Crippen LogP contribution in [0.3, 0.4) is 0 Å². The summed E-state index contributed by atoms with van der Waals surface area (Å²) in [5.74, 6) is -0.857. The van der Waals surface area contributed by atoms with Crippen molar-refractivity contribution >= 4 is 14.6 Å². The molecule has 0 radical (unpaired) electrons. The second kappa shape index (κ2) is 13.5. The third-order valence-corrected chi connectivity index (χ3v) is 12.0. The van der Waals surface area contributed by atoms with E-state index in [0.29, 0.717) is 25.9 Å². The smallest absolute Gasteiger partial charge is 0.172 e. The highest BCUT2D eigenvalue weighted by Crippen LogP contribution is 2.61. The zero-order valence-corrected chi connectivity index (χ0v) is 18.6. The summed E-state index contributed by atoms with van der Waals surface area (Å²) in [6.45, 7) is 9.52. The summed E-state index contributed by atoms with van der Waals surface area (Å²) in [5.41, 5.74) is 12.5. The van der Waals surface area contributed by atoms with Gasteiger partial charge in [-0.3, -0.25) is 10.2 Å². The van der Waals surface area contributed by atoms with Crippen molar-refractivity contribution in [3.05, 3.63) is 0 Å². The molecule has 152 valence electrons. The molecule has 0 saturated heterocycles. The van der Waals surface area contributed by atoms with E-state index in [2.05, 4.69) is 24.0 Å². The largest absolute Gasteiger partial charge is 0.320 e. The first kappa shape index (κ1) is 25.3. The highest BCUT2D eigenvalue weighted by molar-refractivity contribution is 7.79. The van der Waals surface area contributed by atoms with E-state index in [1.54, 1.807) is 0 Å². The topological polar surface area (TPSA) is 110 Å². The first-order valence-corrected chi connectivity index (χ1v) is 13.9. The number of hydrogen-bond acceptors (Lipinski definition) is 4. The summed E-state index contributed by atoms with van der Waals surface area (Å²) in [7, 11) is -5.96. The summed E-state index contributed by atoms with van der Waals surface area (Å²) >= 11 is 0. The molecule has 0 aliphatic carbocycles. The molecule has 0 aromatic heterocycles. The van der Waals surface area contributed by atoms with Crippen molar-refractivity contribution < 1.29 is 9.13 Å². The molecule has 0 amide bonds. The molecule has 0 fully saturated rings. The normalized spacial score (nSPS) is 19.1. The van der Waals surface area contributed by atoms with Crippen LogP contribution < -0.4 is 21.6 Å². The van der Waals surface area contributed by atoms with Crippen LogP contribution in [0.15, 0.2) is 0 Å². The molecule has 0 aliphatic rings. The summed E-state index contributed by atoms with van der Waals surface area (Å²) in [5, 5.41) is 6.37. The lowest BCUT2D eigenvalue weighted by atomic mass is 10.3. The third kappa shape index (κ3) is 9.17. The third-order valence-electron chi connectivity index (χ3n) is 4.48. The molecule has 8 heteroatoms. The zero-order chi connectivity index (χ0) is 19.3. The molecule has 6 N–H and O–H groups in total. The lowest BCUT2D eigenvalue weighted by Gasteiger charge is -2.33. The lowest BCUT2D eigenvalue weighted by molar-refractivity contribution is 0.534. The number of hydrogen-bond donors (Lipinski definition) is 4. The van der Waals surface area contributed by atoms with Crippen LogP contribution in [0.1, 0.15) is 79.1 Å². The minimum Gasteiger partial charge on any atom is -0.320 e. The standard InChI is InChI=1S/C17H42N4O2P2/c1-5-9-13-20-24(22,16(18)11-7-3)15-25(23,17(19)12-8-4)21-14-10-6-2/h16-17H,5-15,18-19H2,1-4H3,(H,20,22)(H,21,23). The van der Waals surface area contributed by atoms with Gasteiger partial charge in [0.2, 0.25) is 0 Å². The van der Waals surface area contributed by atoms with Crippen molar-refractivity contribution in [2.45, 2.75) is 90.6 Å². The van der Waals surface area contributed by atoms with Crippen molar-refractivity contribution in [1.29, 1.82) is 0 Å². The molecule has 0 spiro atoms. The van der Waals surface area contributed by atoms with Crippen molar-refractivity contribution in [3.8, 4) is 0 Å². The van der Waals surface area contributed by atoms with Gasteiger partial charge in [-0.2, -0.15) is 0 Å². The lowest BCUT2D eigenvalue weighted by Crippen LogP contribution is -2.35. The van der Waals surface area contributed by atoms with Crippen molar-refractivity contribution in [1.82, 2.24) is 10.2 Å². The van der Waals surface area contributed by atoms with Crippen molar-refractivity contribution in [2.75, 3.05) is 19.0 Å². The molecular formula is C17H42N4O2P2. The fraction of sp³-hybridized carbons (Fsp3) is 1.00. The Hall–Kier alpha value is 0.300. The predicted octanol–water partition coefficient (Wildman–Crippen LogP) is 4.45. The molecular weight excluding hydrogens is 354 g/mol. The summed E-state index contributed by atoms with van der Waals surface area (Å²) in [4.78, 5) is 0. The fourth-order valence-electron chi connectivity index (χ4n) is 2.76. The van der Waals surface area contributed by atoms with Crippen LogP contribution in [0.2, 0.25) is 0 Å². The summed E-state index contributed by atoms with van der Waals surface area (Å²) in [6.07, 6.45) is 6.91. The van der Waals surface area contributed by atoms with Crippen molar-refractivity contribution in [3.63, 3.8) is 0 Å². The molecule has 0 aromatic rings. The van der Waals surface area contributed by atoms with Gasteiger partial charge in [0.25, 0.3) is 0 Å². The van der Waals surface area contributed by atoms with Crippen LogP contribution in [-0.4, -0.2) is 30.6 Å². The van der Waals surface area contributed by atoms with Crippen LogP contribution in [0.25, 0.3) is 0 Å². The quantitative estimate of drug-likeness (QED) is 0.227. The van der Waals surface area contributed by atoms with Crippen molar-refractivity contribution in [2.24, 2.45) is 11.5 Å². The molecule has 0 saturated carbocycles. The minimum atomic E-state index is -2.98. The minimum absolute atomic E-state index is 0.0791. The average molecular weight is 396 g/mol. The first-order chi connectivity index (χ1) is 11.8. The van der Waals surface area contributed by atoms with E-state index >= 15 is 0 Å². The molecule has 6 nitrogen and oxygen atoms in total. The van der Waals surface area contributed by atoms with E-state index in [-0.39, 0.29) is 5.90 Å². The maximum atomic E-state index is 13.6. The predicted molar refractivity (Wildman–Crippen MR) is 112 cm³/mol. The number of nitrogens with one attached hydrogen (secondary N) is 2. The molecule has 0 rings (SSSR count). The number of unbranched alkanes of at least 4 members (excludes halogenated alkanes) is 2. The van der Waals surface area contributed by atoms with Crippen LogP contribution in [0.4, 0.5) is 0 Å². The second-order valence-electron chi connectivity index (χ2n) is 6.97. The van der Waals surface area contributed by atoms with E-state index in [4.69, 9.17) is 11.5 Å². The molecule has 4 atom stereocenters. The first-order valence-electron chi connectivity index (χ1n) is 9.98. The Balaban J connectivity index is 5.39. The number of nitrogens with two attached hydrogens (primary N) is 2. The highest BCUT2D eigenvalue weighted by Gasteiger charge is 2.40. The SMILES string of the molecule is CCCCNP(=O)(CP(=O)(NCCCC)C(N)CCC)C(N)CCC. The van der Waals surface area contributed by atoms with Gasteiger partial charge in [0.05, 0.1) is 17.5 Å². The van der Waals surface area contributed by atoms with Gasteiger partial charge in [-0.05, 0) is 25.7 Å². The van der Waals surface area contributed by atoms with Gasteiger partial charge in [0.15, 0.2) is 14.6 Å². The van der Waals surface area contributed by atoms with Gasteiger partial charge in [-0.1, -0.05) is 53.4 Å². The van der Waals surface area contributed by atoms with Crippen LogP contribution in [-0.2, 0) is 9.13 Å². The Kier molecular flexibility index (Phi) is 13.6. The van der Waals surface area contributed by atoms with E-state index in [1.165, 1.54) is 0 Å². The fourth-order valence-corrected chi connectivity index (χ4v) is 10.6. The van der Waals surface area contributed by atoms with Gasteiger partial charge < -0.3 is 20.6 Å². The Morgan fingerprint density at radius 2 is 1.08 bits per heavy atom. The number of rotatable bonds is 16. The maximum absolute atomic E-state index is 13.6. The Morgan fingerprint density at radius 3 is 1.36 bits per heavy atom. The van der Waals surface area contributed by atoms with E-state index < -0.39 is 26.2 Å². The van der Waals surface area contributed by atoms with Gasteiger partial charge in [-0.15, -0.1) is 0 Å². The highest BCUT2D eigenvalue weighted by atomic mass is 31.2. The second-order valence-corrected chi connectivity index (χ2v) is 13.2. The maximum Gasteiger partial charge on any atom is 0.172 e. The summed E-state index contributed by atoms with van der Waals surface area (Å²) < 4.78 is 27.3. The average Bonchev–Trinajstić information content (AvgIpc) is 2.55. The zero-order valence-electron chi connectivity index (χ0n) is 16.8. The molecule has 0 aliphatic heterocycles. The monoisotopic (exact) mass is 396 g/mol. The Bertz CT molecular complexity index is 397. The molecule has 0 heterocycles. The molecule has 4 unspecified atom stereocenters. The van der Waals surface area contributed by atoms with Gasteiger partial charge in [-0.25, -0.2) is 0 Å². The van der Waals surface area contributed by atoms with E-state index in [0.717, 1.165) is 38.5 Å². The summed E-state index contributed by atoms with van der Waals surface area (Å²) in [6, 6.07) is 0. The van der Waals surface area contributed by atoms with Gasteiger partial charge >= 0.3 is 0 Å². The van der Waals surface area contributed by atoms with E-state index in [1.807, 2.05) is 13.8 Å². The molecule has 0 aromatic carbocycles. The molecule has 0 bridgehead atoms. The van der Waals surface area contributed by atoms with Crippen LogP contribution in [0.5, 0.6) is 0 Å². The van der Waals surface area contributed by atoms with Gasteiger partial charge in [0, 0.05) is 13.1 Å². The Labute approximate surface area is 155 Å². The van der Waals surface area contributed by atoms with E-state index in [9.17, 15) is 9.13 Å². The van der Waals surface area contributed by atoms with Gasteiger partial charge in [0.1, 0.15) is 0 Å². The molecule has 25 heavy (non-hydrogen) atoms.